The Morgan fingerprint density at radius 2 is 1.39 bits per heavy atom. The van der Waals surface area contributed by atoms with E-state index < -0.39 is 24.8 Å². The van der Waals surface area contributed by atoms with E-state index in [0.717, 1.165) is 51.4 Å². The minimum absolute atomic E-state index is 0.139. The largest absolute Gasteiger partial charge is 0.508 e. The third-order valence-electron chi connectivity index (χ3n) is 7.71. The number of hydrogen-bond acceptors (Lipinski definition) is 11. The van der Waals surface area contributed by atoms with Crippen LogP contribution < -0.4 is 0 Å². The van der Waals surface area contributed by atoms with Gasteiger partial charge in [-0.2, -0.15) is 0 Å². The third kappa shape index (κ3) is 18.9. The van der Waals surface area contributed by atoms with Gasteiger partial charge < -0.3 is 43.4 Å². The van der Waals surface area contributed by atoms with E-state index in [1.807, 2.05) is 6.92 Å². The minimum atomic E-state index is -0.676. The third-order valence-corrected chi connectivity index (χ3v) is 7.71. The van der Waals surface area contributed by atoms with Crippen LogP contribution in [0.15, 0.2) is 0 Å². The van der Waals surface area contributed by atoms with Gasteiger partial charge in [0.2, 0.25) is 6.10 Å². The molecule has 3 saturated carbocycles. The van der Waals surface area contributed by atoms with E-state index in [1.54, 1.807) is 0 Å². The molecule has 4 rings (SSSR count). The van der Waals surface area contributed by atoms with Crippen LogP contribution in [0.2, 0.25) is 0 Å². The maximum Gasteiger partial charge on any atom is 0.508 e. The van der Waals surface area contributed by atoms with Gasteiger partial charge in [-0.05, 0) is 65.2 Å². The summed E-state index contributed by atoms with van der Waals surface area (Å²) in [5, 5.41) is 16.0. The maximum atomic E-state index is 11.4. The summed E-state index contributed by atoms with van der Waals surface area (Å²) in [4.78, 5) is 22.8. The number of methoxy groups -OCH3 is 2. The molecule has 1 aliphatic heterocycles. The molecular formula is C28H49B7O11+. The Morgan fingerprint density at radius 3 is 1.78 bits per heavy atom. The first-order chi connectivity index (χ1) is 21.9. The molecule has 4 fully saturated rings. The number of hydrogen-bond donors (Lipinski definition) is 2. The van der Waals surface area contributed by atoms with Gasteiger partial charge in [-0.25, -0.2) is 9.59 Å². The van der Waals surface area contributed by atoms with E-state index in [2.05, 4.69) is 15.9 Å². The summed E-state index contributed by atoms with van der Waals surface area (Å²) in [5.41, 5.74) is 0. The summed E-state index contributed by atoms with van der Waals surface area (Å²) >= 11 is 0. The van der Waals surface area contributed by atoms with Crippen LogP contribution in [0.1, 0.15) is 84.5 Å². The van der Waals surface area contributed by atoms with Crippen LogP contribution >= 0.6 is 0 Å². The average molecular weight is 637 g/mol. The van der Waals surface area contributed by atoms with Crippen molar-refractivity contribution in [2.45, 2.75) is 133 Å². The van der Waals surface area contributed by atoms with Crippen LogP contribution in [-0.2, 0) is 33.2 Å². The summed E-state index contributed by atoms with van der Waals surface area (Å²) in [5.74, 6) is 0. The fraction of sp³-hybridized carbons (Fsp3) is 0.893. The first-order valence-electron chi connectivity index (χ1n) is 16.3. The molecule has 0 aromatic carbocycles. The highest BCUT2D eigenvalue weighted by molar-refractivity contribution is 7.81. The molecular weight excluding hydrogens is 588 g/mol. The molecule has 0 bridgehead atoms. The summed E-state index contributed by atoms with van der Waals surface area (Å²) < 4.78 is 37.1. The zero-order valence-corrected chi connectivity index (χ0v) is 28.0. The normalized spacial score (nSPS) is 27.2. The lowest BCUT2D eigenvalue weighted by molar-refractivity contribution is -0.139. The quantitative estimate of drug-likeness (QED) is 0.156. The lowest BCUT2D eigenvalue weighted by Crippen LogP contribution is -2.43. The molecule has 46 heavy (non-hydrogen) atoms. The van der Waals surface area contributed by atoms with Crippen molar-refractivity contribution < 1.29 is 53.0 Å². The van der Waals surface area contributed by atoms with Crippen LogP contribution in [0, 0.1) is 6.42 Å². The number of carbonyl (C=O) groups is 2. The molecule has 9 radical (unpaired) electrons. The maximum absolute atomic E-state index is 11.4. The predicted molar refractivity (Wildman–Crippen MR) is 181 cm³/mol. The molecule has 0 spiro atoms. The Balaban J connectivity index is 0.000000444. The van der Waals surface area contributed by atoms with Crippen molar-refractivity contribution in [2.75, 3.05) is 27.4 Å². The second-order valence-electron chi connectivity index (χ2n) is 11.8. The molecule has 8 unspecified atom stereocenters. The molecule has 3 aliphatic carbocycles. The zero-order valence-electron chi connectivity index (χ0n) is 28.0. The van der Waals surface area contributed by atoms with Gasteiger partial charge in [0.1, 0.15) is 24.7 Å². The van der Waals surface area contributed by atoms with Gasteiger partial charge in [-0.3, -0.25) is 0 Å². The predicted octanol–water partition coefficient (Wildman–Crippen LogP) is 1.43. The number of epoxide rings is 1. The zero-order chi connectivity index (χ0) is 34.5. The highest BCUT2D eigenvalue weighted by atomic mass is 16.7. The van der Waals surface area contributed by atoms with Crippen LogP contribution in [0.3, 0.4) is 0 Å². The number of rotatable bonds is 10. The monoisotopic (exact) mass is 638 g/mol. The Hall–Kier alpha value is -1.34. The molecule has 11 nitrogen and oxygen atoms in total. The van der Waals surface area contributed by atoms with E-state index in [9.17, 15) is 9.59 Å². The summed E-state index contributed by atoms with van der Waals surface area (Å²) in [6, 6.07) is 0. The van der Waals surface area contributed by atoms with E-state index in [1.165, 1.54) is 47.5 Å². The van der Waals surface area contributed by atoms with Crippen molar-refractivity contribution in [1.29, 1.82) is 0 Å². The summed E-state index contributed by atoms with van der Waals surface area (Å²) in [7, 11) is 24.2. The van der Waals surface area contributed by atoms with Crippen LogP contribution in [0.25, 0.3) is 0 Å². The topological polar surface area (TPSA) is 143 Å². The molecule has 0 aromatic heterocycles. The van der Waals surface area contributed by atoms with Gasteiger partial charge in [0.05, 0.1) is 58.3 Å². The molecule has 1 heterocycles. The fourth-order valence-electron chi connectivity index (χ4n) is 5.01. The smallest absolute Gasteiger partial charge is 0.438 e. The molecule has 8 atom stereocenters. The Bertz CT molecular complexity index is 808. The lowest BCUT2D eigenvalue weighted by Gasteiger charge is -2.34. The number of carbonyl (C=O) groups excluding carboxylic acids is 2. The van der Waals surface area contributed by atoms with Gasteiger partial charge in [-0.1, -0.05) is 12.8 Å². The lowest BCUT2D eigenvalue weighted by atomic mass is 8.76. The molecule has 0 aromatic rings. The van der Waals surface area contributed by atoms with Crippen LogP contribution in [-0.4, -0.2) is 150 Å². The molecule has 2 N–H and O–H groups in total. The first-order valence-corrected chi connectivity index (χ1v) is 16.3. The van der Waals surface area contributed by atoms with E-state index in [-0.39, 0.29) is 43.5 Å². The summed E-state index contributed by atoms with van der Waals surface area (Å²) in [6.07, 6.45) is 10.8. The van der Waals surface area contributed by atoms with Gasteiger partial charge in [0.15, 0.2) is 0 Å². The highest BCUT2D eigenvalue weighted by Gasteiger charge is 2.48. The van der Waals surface area contributed by atoms with Gasteiger partial charge in [-0.15, -0.1) is 0 Å². The number of ether oxygens (including phenoxy) is 7. The molecule has 1 saturated heterocycles. The van der Waals surface area contributed by atoms with Gasteiger partial charge in [0.25, 0.3) is 0 Å². The van der Waals surface area contributed by atoms with E-state index in [4.69, 9.17) is 64.8 Å². The number of aliphatic hydroxyl groups is 2. The Kier molecular flexibility index (Phi) is 23.0. The Morgan fingerprint density at radius 1 is 0.891 bits per heavy atom. The highest BCUT2D eigenvalue weighted by Crippen LogP contribution is 2.35. The molecule has 4 aliphatic rings. The number of aliphatic hydroxyl groups excluding tert-OH is 2. The second kappa shape index (κ2) is 24.8. The van der Waals surface area contributed by atoms with Crippen molar-refractivity contribution in [1.82, 2.24) is 0 Å². The standard InChI is InChI=1S/C19H32O8.C6H9O.C3H8O2.B7/c1-13(25-16-10-6-7-11-17(16)27-19(21)23-3)12-24-14-8-4-5-9-15(14)26-18(20)22-2;1-2-4-6-5(3-1)7-6;1-3(5)2-4;1-5-7(4)6(2)3/h13-17H,4-12H2,1-3H3;3,5-6H,1-2,4H2;3-5H,2H2,1H3;/q;+1;;. The van der Waals surface area contributed by atoms with Crippen molar-refractivity contribution in [2.24, 2.45) is 0 Å². The van der Waals surface area contributed by atoms with Gasteiger partial charge in [0, 0.05) is 50.8 Å². The Labute approximate surface area is 282 Å². The molecule has 18 heteroatoms. The van der Waals surface area contributed by atoms with E-state index >= 15 is 0 Å². The van der Waals surface area contributed by atoms with Crippen LogP contribution in [0.5, 0.6) is 0 Å². The van der Waals surface area contributed by atoms with Gasteiger partial charge >= 0.3 is 12.3 Å². The minimum Gasteiger partial charge on any atom is -0.438 e. The molecule has 0 amide bonds. The fourth-order valence-corrected chi connectivity index (χ4v) is 5.01. The SMILES string of the molecule is CC(O)CO.COC(=O)OC1CCCCC1OCC(C)OC1CCCCC1OC(=O)OC.[B][B]B([B])B([B])[B].[CH+]1CCCC2OC12. The summed E-state index contributed by atoms with van der Waals surface area (Å²) in [6.45, 7) is 3.70. The van der Waals surface area contributed by atoms with Crippen molar-refractivity contribution in [3.8, 4) is 0 Å². The average Bonchev–Trinajstić information content (AvgIpc) is 3.85. The van der Waals surface area contributed by atoms with Crippen LogP contribution in [0.4, 0.5) is 9.59 Å². The van der Waals surface area contributed by atoms with Crippen molar-refractivity contribution >= 4 is 63.1 Å². The molecule has 247 valence electrons. The van der Waals surface area contributed by atoms with Crippen molar-refractivity contribution in [3.63, 3.8) is 0 Å². The number of fused-ring (bicyclic) bond motifs is 1. The van der Waals surface area contributed by atoms with Crippen molar-refractivity contribution in [3.05, 3.63) is 6.42 Å². The first kappa shape index (κ1) is 42.7. The second-order valence-corrected chi connectivity index (χ2v) is 11.8. The van der Waals surface area contributed by atoms with E-state index in [0.29, 0.717) is 18.8 Å².